The number of hydrogen-bond donors (Lipinski definition) is 7. The molecule has 0 amide bonds. The molecule has 0 bridgehead atoms. The number of aliphatic hydroxyl groups excluding tert-OH is 4. The Hall–Kier alpha value is -0.130. The Morgan fingerprint density at radius 2 is 1.76 bits per heavy atom. The molecule has 1 saturated heterocycles. The first kappa shape index (κ1) is 14.9. The van der Waals surface area contributed by atoms with Gasteiger partial charge in [0.15, 0.2) is 12.4 Å². The van der Waals surface area contributed by atoms with Crippen LogP contribution >= 0.6 is 7.82 Å². The molecular formula is C6H13O10P. The molecule has 0 aromatic carbocycles. The maximum Gasteiger partial charge on any atom is 0.472 e. The molecule has 10 nitrogen and oxygen atoms in total. The predicted octanol–water partition coefficient (Wildman–Crippen LogP) is -3.78. The van der Waals surface area contributed by atoms with Crippen molar-refractivity contribution in [3.05, 3.63) is 0 Å². The Bertz CT molecular complexity index is 316. The Morgan fingerprint density at radius 3 is 2.18 bits per heavy atom. The van der Waals surface area contributed by atoms with Crippen molar-refractivity contribution in [2.45, 2.75) is 30.4 Å². The maximum atomic E-state index is 10.6. The fraction of sp³-hybridized carbons (Fsp3) is 1.00. The Balaban J connectivity index is 3.02. The number of phosphoric acid groups is 1. The van der Waals surface area contributed by atoms with Crippen LogP contribution in [0, 0.1) is 0 Å². The van der Waals surface area contributed by atoms with Gasteiger partial charge in [-0.15, -0.1) is 0 Å². The van der Waals surface area contributed by atoms with E-state index in [4.69, 9.17) is 20.0 Å². The van der Waals surface area contributed by atoms with E-state index < -0.39 is 44.8 Å². The first-order chi connectivity index (χ1) is 7.62. The number of phosphoric ester groups is 1. The van der Waals surface area contributed by atoms with Crippen LogP contribution in [0.4, 0.5) is 0 Å². The van der Waals surface area contributed by atoms with Crippen molar-refractivity contribution in [3.8, 4) is 0 Å². The van der Waals surface area contributed by atoms with Gasteiger partial charge in [-0.25, -0.2) is 9.09 Å². The topological polar surface area (TPSA) is 177 Å². The summed E-state index contributed by atoms with van der Waals surface area (Å²) in [5.74, 6) is -3.16. The molecule has 5 atom stereocenters. The maximum absolute atomic E-state index is 10.6. The second-order valence-electron chi connectivity index (χ2n) is 3.47. The molecule has 11 heteroatoms. The third kappa shape index (κ3) is 3.01. The first-order valence-electron chi connectivity index (χ1n) is 4.41. The molecule has 0 saturated carbocycles. The standard InChI is InChI=1S/C6H13O10P/c7-1-2-3(8)6(11,16-17(12,13)14)4(9)5(10)15-2/h2-5,7-11H,1H2,(H2,12,13,14)/t2-,3+,4+,5+,6-/m1/s1. The van der Waals surface area contributed by atoms with Gasteiger partial charge in [-0.05, 0) is 0 Å². The molecule has 0 aromatic rings. The molecule has 0 spiro atoms. The summed E-state index contributed by atoms with van der Waals surface area (Å²) in [6.07, 6.45) is -8.16. The van der Waals surface area contributed by atoms with E-state index in [1.165, 1.54) is 0 Å². The van der Waals surface area contributed by atoms with Crippen molar-refractivity contribution >= 4 is 7.82 Å². The van der Waals surface area contributed by atoms with Crippen molar-refractivity contribution < 1.29 is 49.1 Å². The van der Waals surface area contributed by atoms with Gasteiger partial charge in [0, 0.05) is 0 Å². The summed E-state index contributed by atoms with van der Waals surface area (Å²) in [6.45, 7) is -0.877. The molecule has 1 fully saturated rings. The van der Waals surface area contributed by atoms with Gasteiger partial charge in [0.2, 0.25) is 5.79 Å². The van der Waals surface area contributed by atoms with Crippen molar-refractivity contribution in [1.82, 2.24) is 0 Å². The zero-order chi connectivity index (χ0) is 13.4. The summed E-state index contributed by atoms with van der Waals surface area (Å²) in [5.41, 5.74) is 0. The minimum atomic E-state index is -5.26. The van der Waals surface area contributed by atoms with Crippen LogP contribution in [0.1, 0.15) is 0 Å². The number of rotatable bonds is 3. The summed E-state index contributed by atoms with van der Waals surface area (Å²) in [6, 6.07) is 0. The van der Waals surface area contributed by atoms with E-state index in [2.05, 4.69) is 9.26 Å². The van der Waals surface area contributed by atoms with Crippen molar-refractivity contribution in [2.75, 3.05) is 6.61 Å². The monoisotopic (exact) mass is 276 g/mol. The van der Waals surface area contributed by atoms with Crippen molar-refractivity contribution in [1.29, 1.82) is 0 Å². The lowest BCUT2D eigenvalue weighted by molar-refractivity contribution is -0.374. The zero-order valence-electron chi connectivity index (χ0n) is 8.32. The van der Waals surface area contributed by atoms with Gasteiger partial charge in [0.05, 0.1) is 6.61 Å². The third-order valence-electron chi connectivity index (χ3n) is 2.23. The van der Waals surface area contributed by atoms with Crippen LogP contribution in [0.3, 0.4) is 0 Å². The molecule has 1 aliphatic rings. The summed E-state index contributed by atoms with van der Waals surface area (Å²) in [7, 11) is -5.26. The van der Waals surface area contributed by atoms with E-state index in [0.29, 0.717) is 0 Å². The normalized spacial score (nSPS) is 43.7. The van der Waals surface area contributed by atoms with E-state index in [1.807, 2.05) is 0 Å². The van der Waals surface area contributed by atoms with Gasteiger partial charge in [-0.2, -0.15) is 0 Å². The highest BCUT2D eigenvalue weighted by atomic mass is 31.2. The number of hydrogen-bond acceptors (Lipinski definition) is 8. The van der Waals surface area contributed by atoms with Gasteiger partial charge in [0.25, 0.3) is 0 Å². The lowest BCUT2D eigenvalue weighted by atomic mass is 9.95. The second-order valence-corrected chi connectivity index (χ2v) is 4.63. The molecule has 0 aliphatic carbocycles. The predicted molar refractivity (Wildman–Crippen MR) is 48.1 cm³/mol. The molecule has 17 heavy (non-hydrogen) atoms. The number of aliphatic hydroxyl groups is 5. The molecule has 0 unspecified atom stereocenters. The lowest BCUT2D eigenvalue weighted by Gasteiger charge is -2.45. The SMILES string of the molecule is O=P(O)(O)O[C@@]1(O)[C@@H](O)[C@@H](O)O[C@H](CO)[C@@H]1O. The smallest absolute Gasteiger partial charge is 0.394 e. The highest BCUT2D eigenvalue weighted by Gasteiger charge is 2.58. The second kappa shape index (κ2) is 4.86. The Morgan fingerprint density at radius 1 is 1.24 bits per heavy atom. The fourth-order valence-corrected chi connectivity index (χ4v) is 2.01. The minimum absolute atomic E-state index is 0.877. The van der Waals surface area contributed by atoms with Crippen LogP contribution < -0.4 is 0 Å². The first-order valence-corrected chi connectivity index (χ1v) is 5.94. The van der Waals surface area contributed by atoms with Crippen LogP contribution in [-0.4, -0.2) is 72.3 Å². The molecular weight excluding hydrogens is 263 g/mol. The van der Waals surface area contributed by atoms with Crippen molar-refractivity contribution in [2.24, 2.45) is 0 Å². The van der Waals surface area contributed by atoms with Gasteiger partial charge in [-0.3, -0.25) is 0 Å². The number of ether oxygens (including phenoxy) is 1. The fourth-order valence-electron chi connectivity index (χ4n) is 1.41. The molecule has 0 radical (unpaired) electrons. The molecule has 0 aromatic heterocycles. The lowest BCUT2D eigenvalue weighted by Crippen LogP contribution is -2.67. The molecule has 1 aliphatic heterocycles. The highest BCUT2D eigenvalue weighted by molar-refractivity contribution is 7.46. The van der Waals surface area contributed by atoms with Gasteiger partial charge in [0.1, 0.15) is 12.2 Å². The van der Waals surface area contributed by atoms with E-state index >= 15 is 0 Å². The summed E-state index contributed by atoms with van der Waals surface area (Å²) in [4.78, 5) is 17.1. The van der Waals surface area contributed by atoms with E-state index in [9.17, 15) is 19.9 Å². The average molecular weight is 276 g/mol. The van der Waals surface area contributed by atoms with Crippen LogP contribution in [0.5, 0.6) is 0 Å². The minimum Gasteiger partial charge on any atom is -0.394 e. The van der Waals surface area contributed by atoms with Gasteiger partial charge >= 0.3 is 7.82 Å². The van der Waals surface area contributed by atoms with Crippen LogP contribution in [0.25, 0.3) is 0 Å². The molecule has 1 rings (SSSR count). The van der Waals surface area contributed by atoms with Gasteiger partial charge in [-0.1, -0.05) is 0 Å². The Labute approximate surface area is 94.9 Å². The Kier molecular flexibility index (Phi) is 4.27. The van der Waals surface area contributed by atoms with Crippen LogP contribution in [-0.2, 0) is 13.8 Å². The van der Waals surface area contributed by atoms with Crippen LogP contribution in [0.2, 0.25) is 0 Å². The third-order valence-corrected chi connectivity index (χ3v) is 2.76. The van der Waals surface area contributed by atoms with Gasteiger partial charge < -0.3 is 40.1 Å². The molecule has 7 N–H and O–H groups in total. The summed E-state index contributed by atoms with van der Waals surface area (Å²) < 4.78 is 18.9. The van der Waals surface area contributed by atoms with E-state index in [1.54, 1.807) is 0 Å². The van der Waals surface area contributed by atoms with E-state index in [-0.39, 0.29) is 0 Å². The molecule has 1 heterocycles. The largest absolute Gasteiger partial charge is 0.472 e. The van der Waals surface area contributed by atoms with E-state index in [0.717, 1.165) is 0 Å². The highest BCUT2D eigenvalue weighted by Crippen LogP contribution is 2.45. The average Bonchev–Trinajstić information content (AvgIpc) is 2.19. The zero-order valence-corrected chi connectivity index (χ0v) is 9.21. The van der Waals surface area contributed by atoms with Crippen molar-refractivity contribution in [3.63, 3.8) is 0 Å². The quantitative estimate of drug-likeness (QED) is 0.200. The van der Waals surface area contributed by atoms with Crippen LogP contribution in [0.15, 0.2) is 0 Å². The summed E-state index contributed by atoms with van der Waals surface area (Å²) >= 11 is 0. The summed E-state index contributed by atoms with van der Waals surface area (Å²) in [5, 5.41) is 46.3. The molecule has 102 valence electrons.